The summed E-state index contributed by atoms with van der Waals surface area (Å²) in [4.78, 5) is 14.5. The van der Waals surface area contributed by atoms with Crippen molar-refractivity contribution in [3.8, 4) is 5.75 Å². The number of ether oxygens (including phenoxy) is 1. The third-order valence-corrected chi connectivity index (χ3v) is 5.59. The lowest BCUT2D eigenvalue weighted by Gasteiger charge is -2.24. The van der Waals surface area contributed by atoms with Crippen molar-refractivity contribution < 1.29 is 22.1 Å². The zero-order valence-electron chi connectivity index (χ0n) is 17.3. The predicted molar refractivity (Wildman–Crippen MR) is 114 cm³/mol. The van der Waals surface area contributed by atoms with Crippen LogP contribution in [-0.2, 0) is 21.4 Å². The lowest BCUT2D eigenvalue weighted by Crippen LogP contribution is -2.37. The van der Waals surface area contributed by atoms with Gasteiger partial charge in [0.15, 0.2) is 0 Å². The Hall–Kier alpha value is -2.58. The first kappa shape index (κ1) is 22.7. The molecule has 0 aromatic heterocycles. The number of amides is 2. The maximum atomic E-state index is 12.9. The second-order valence-electron chi connectivity index (χ2n) is 6.68. The zero-order valence-corrected chi connectivity index (χ0v) is 18.1. The second kappa shape index (κ2) is 10.3. The Morgan fingerprint density at radius 2 is 1.69 bits per heavy atom. The van der Waals surface area contributed by atoms with Crippen LogP contribution in [0.2, 0.25) is 0 Å². The van der Waals surface area contributed by atoms with Gasteiger partial charge in [-0.25, -0.2) is 4.79 Å². The van der Waals surface area contributed by atoms with Gasteiger partial charge in [0.1, 0.15) is 5.75 Å². The van der Waals surface area contributed by atoms with E-state index in [1.807, 2.05) is 32.0 Å². The molecule has 7 nitrogen and oxygen atoms in total. The van der Waals surface area contributed by atoms with E-state index in [1.54, 1.807) is 36.3 Å². The average Bonchev–Trinajstić information content (AvgIpc) is 2.69. The molecule has 0 heterocycles. The van der Waals surface area contributed by atoms with E-state index in [-0.39, 0.29) is 17.5 Å². The van der Waals surface area contributed by atoms with Crippen LogP contribution in [0.3, 0.4) is 0 Å². The molecule has 29 heavy (non-hydrogen) atoms. The fourth-order valence-electron chi connectivity index (χ4n) is 2.73. The van der Waals surface area contributed by atoms with Gasteiger partial charge in [-0.1, -0.05) is 30.3 Å². The van der Waals surface area contributed by atoms with Gasteiger partial charge in [-0.2, -0.15) is 8.42 Å². The molecule has 2 amide bonds. The maximum absolute atomic E-state index is 12.9. The number of anilines is 1. The molecule has 0 saturated heterocycles. The molecule has 0 saturated carbocycles. The summed E-state index contributed by atoms with van der Waals surface area (Å²) in [7, 11) is -1.98. The largest absolute Gasteiger partial charge is 0.383 e. The number of nitrogens with zero attached hydrogens (tertiary/aromatic N) is 1. The molecule has 1 N–H and O–H groups in total. The molecule has 0 spiro atoms. The Balaban J connectivity index is 2.12. The molecule has 0 radical (unpaired) electrons. The number of aryl methyl sites for hydroxylation is 2. The summed E-state index contributed by atoms with van der Waals surface area (Å²) in [6.45, 7) is 6.58. The molecule has 2 aromatic rings. The van der Waals surface area contributed by atoms with Crippen molar-refractivity contribution in [3.05, 3.63) is 59.2 Å². The number of methoxy groups -OCH3 is 1. The highest BCUT2D eigenvalue weighted by Crippen LogP contribution is 2.21. The summed E-state index contributed by atoms with van der Waals surface area (Å²) in [5.74, 6) is 0.150. The fraction of sp³-hybridized carbons (Fsp3) is 0.381. The van der Waals surface area contributed by atoms with Crippen molar-refractivity contribution in [2.24, 2.45) is 0 Å². The van der Waals surface area contributed by atoms with E-state index < -0.39 is 10.1 Å². The van der Waals surface area contributed by atoms with Gasteiger partial charge in [0.2, 0.25) is 0 Å². The van der Waals surface area contributed by atoms with Gasteiger partial charge in [0.25, 0.3) is 0 Å². The predicted octanol–water partition coefficient (Wildman–Crippen LogP) is 3.71. The molecular formula is C21H28N2O5S. The van der Waals surface area contributed by atoms with Gasteiger partial charge in [0.05, 0.1) is 12.4 Å². The van der Waals surface area contributed by atoms with Crippen molar-refractivity contribution in [1.29, 1.82) is 0 Å². The summed E-state index contributed by atoms with van der Waals surface area (Å²) < 4.78 is 33.3. The third-order valence-electron chi connectivity index (χ3n) is 4.44. The number of para-hydroxylation sites is 1. The Morgan fingerprint density at radius 3 is 2.24 bits per heavy atom. The number of hydrogen-bond donors (Lipinski definition) is 1. The number of carbonyl (C=O) groups is 1. The van der Waals surface area contributed by atoms with Crippen LogP contribution in [0.15, 0.2) is 42.5 Å². The van der Waals surface area contributed by atoms with Crippen LogP contribution in [0.25, 0.3) is 0 Å². The van der Waals surface area contributed by atoms with E-state index in [0.29, 0.717) is 19.7 Å². The topological polar surface area (TPSA) is 84.9 Å². The number of hydrogen-bond acceptors (Lipinski definition) is 5. The average molecular weight is 421 g/mol. The van der Waals surface area contributed by atoms with E-state index in [4.69, 9.17) is 8.92 Å². The highest BCUT2D eigenvalue weighted by molar-refractivity contribution is 7.87. The van der Waals surface area contributed by atoms with E-state index in [0.717, 1.165) is 22.4 Å². The molecule has 0 bridgehead atoms. The molecule has 8 heteroatoms. The molecule has 0 unspecified atom stereocenters. The van der Waals surface area contributed by atoms with Gasteiger partial charge in [-0.3, -0.25) is 0 Å². The lowest BCUT2D eigenvalue weighted by molar-refractivity contribution is 0.153. The van der Waals surface area contributed by atoms with E-state index >= 15 is 0 Å². The Morgan fingerprint density at radius 1 is 1.07 bits per heavy atom. The third kappa shape index (κ3) is 6.76. The number of carbonyl (C=O) groups excluding carboxylic acids is 1. The van der Waals surface area contributed by atoms with E-state index in [1.165, 1.54) is 6.92 Å². The minimum Gasteiger partial charge on any atom is -0.383 e. The van der Waals surface area contributed by atoms with Crippen molar-refractivity contribution >= 4 is 21.8 Å². The van der Waals surface area contributed by atoms with Crippen LogP contribution in [0, 0.1) is 13.8 Å². The highest BCUT2D eigenvalue weighted by Gasteiger charge is 2.16. The smallest absolute Gasteiger partial charge is 0.322 e. The van der Waals surface area contributed by atoms with E-state index in [2.05, 4.69) is 5.32 Å². The fourth-order valence-corrected chi connectivity index (χ4v) is 3.25. The van der Waals surface area contributed by atoms with Crippen molar-refractivity contribution in [2.45, 2.75) is 27.3 Å². The van der Waals surface area contributed by atoms with Crippen LogP contribution < -0.4 is 9.50 Å². The zero-order chi connectivity index (χ0) is 21.4. The van der Waals surface area contributed by atoms with Gasteiger partial charge < -0.3 is 19.1 Å². The number of urea groups is 1. The lowest BCUT2D eigenvalue weighted by atomic mass is 10.1. The van der Waals surface area contributed by atoms with Crippen LogP contribution in [0.4, 0.5) is 10.5 Å². The molecule has 2 aromatic carbocycles. The van der Waals surface area contributed by atoms with E-state index in [9.17, 15) is 13.2 Å². The summed E-state index contributed by atoms with van der Waals surface area (Å²) in [6.07, 6.45) is 0. The molecule has 0 aliphatic carbocycles. The molecule has 0 aliphatic rings. The standard InChI is InChI=1S/C21H28N2O5S/c1-5-29(25,26)28-19-11-9-18(10-12-19)15-23(13-14-27-4)21(24)22-20-16(2)7-6-8-17(20)3/h6-12H,5,13-15H2,1-4H3,(H,22,24). The van der Waals surface area contributed by atoms with Crippen LogP contribution in [0.5, 0.6) is 5.75 Å². The minimum absolute atomic E-state index is 0.0992. The summed E-state index contributed by atoms with van der Waals surface area (Å²) >= 11 is 0. The summed E-state index contributed by atoms with van der Waals surface area (Å²) in [5.41, 5.74) is 3.62. The maximum Gasteiger partial charge on any atom is 0.322 e. The first-order valence-corrected chi connectivity index (χ1v) is 11.0. The van der Waals surface area contributed by atoms with Crippen LogP contribution in [0.1, 0.15) is 23.6 Å². The van der Waals surface area contributed by atoms with Gasteiger partial charge in [-0.05, 0) is 49.6 Å². The Bertz CT molecular complexity index is 906. The normalized spacial score (nSPS) is 11.2. The van der Waals surface area contributed by atoms with Crippen LogP contribution in [-0.4, -0.2) is 45.4 Å². The Labute approximate surface area is 172 Å². The van der Waals surface area contributed by atoms with Crippen molar-refractivity contribution in [3.63, 3.8) is 0 Å². The molecule has 0 fully saturated rings. The van der Waals surface area contributed by atoms with Crippen molar-refractivity contribution in [1.82, 2.24) is 4.90 Å². The monoisotopic (exact) mass is 420 g/mol. The van der Waals surface area contributed by atoms with Gasteiger partial charge >= 0.3 is 16.1 Å². The first-order chi connectivity index (χ1) is 13.8. The molecular weight excluding hydrogens is 392 g/mol. The quantitative estimate of drug-likeness (QED) is 0.625. The molecule has 2 rings (SSSR count). The summed E-state index contributed by atoms with van der Waals surface area (Å²) in [6, 6.07) is 12.3. The number of rotatable bonds is 9. The second-order valence-corrected chi connectivity index (χ2v) is 8.54. The first-order valence-electron chi connectivity index (χ1n) is 9.38. The number of benzene rings is 2. The highest BCUT2D eigenvalue weighted by atomic mass is 32.2. The minimum atomic E-state index is -3.57. The Kier molecular flexibility index (Phi) is 8.04. The van der Waals surface area contributed by atoms with Crippen LogP contribution >= 0.6 is 0 Å². The van der Waals surface area contributed by atoms with Gasteiger partial charge in [-0.15, -0.1) is 0 Å². The molecule has 0 aliphatic heterocycles. The summed E-state index contributed by atoms with van der Waals surface area (Å²) in [5, 5.41) is 2.99. The van der Waals surface area contributed by atoms with Gasteiger partial charge in [0, 0.05) is 25.9 Å². The molecule has 158 valence electrons. The van der Waals surface area contributed by atoms with Crippen molar-refractivity contribution in [2.75, 3.05) is 31.3 Å². The number of nitrogens with one attached hydrogen (secondary N) is 1. The molecule has 0 atom stereocenters. The SMILES string of the molecule is CCS(=O)(=O)Oc1ccc(CN(CCOC)C(=O)Nc2c(C)cccc2C)cc1.